The molecule has 0 radical (unpaired) electrons. The number of carbonyl (C=O) groups excluding carboxylic acids is 2. The number of aliphatic hydroxyl groups excluding tert-OH is 1. The Labute approximate surface area is 264 Å². The maximum atomic E-state index is 12.6. The first-order valence-electron chi connectivity index (χ1n) is 14.3. The van der Waals surface area contributed by atoms with Crippen molar-refractivity contribution in [2.24, 2.45) is 0 Å². The highest BCUT2D eigenvalue weighted by Gasteiger charge is 2.27. The molecule has 2 aliphatic rings. The smallest absolute Gasteiger partial charge is 0.265 e. The molecule has 2 amide bonds. The monoisotopic (exact) mass is 640 g/mol. The minimum atomic E-state index is -0.651. The van der Waals surface area contributed by atoms with Crippen LogP contribution in [0.5, 0.6) is 0 Å². The molecule has 2 saturated carbocycles. The topological polar surface area (TPSA) is 188 Å². The molecule has 3 aromatic heterocycles. The third kappa shape index (κ3) is 6.90. The van der Waals surface area contributed by atoms with Crippen LogP contribution >= 0.6 is 23.2 Å². The Hall–Kier alpha value is -4.34. The van der Waals surface area contributed by atoms with Crippen LogP contribution in [0.4, 0.5) is 11.6 Å². The molecule has 0 unspecified atom stereocenters. The zero-order chi connectivity index (χ0) is 32.0. The number of rotatable bonds is 6. The predicted octanol–water partition coefficient (Wildman–Crippen LogP) is 4.73. The van der Waals surface area contributed by atoms with Gasteiger partial charge in [0.2, 0.25) is 5.43 Å². The fourth-order valence-corrected chi connectivity index (χ4v) is 5.91. The van der Waals surface area contributed by atoms with Crippen molar-refractivity contribution in [3.8, 4) is 6.07 Å². The van der Waals surface area contributed by atoms with Gasteiger partial charge in [0, 0.05) is 26.2 Å². The van der Waals surface area contributed by atoms with Crippen LogP contribution in [0.25, 0.3) is 16.8 Å². The molecule has 0 aromatic carbocycles. The van der Waals surface area contributed by atoms with E-state index in [2.05, 4.69) is 25.9 Å². The molecule has 6 N–H and O–H groups in total. The lowest BCUT2D eigenvalue weighted by Gasteiger charge is -2.21. The number of anilines is 2. The van der Waals surface area contributed by atoms with E-state index in [9.17, 15) is 19.5 Å². The number of nitrogens with zero attached hydrogens (tertiary/aromatic N) is 4. The predicted molar refractivity (Wildman–Crippen MR) is 171 cm³/mol. The Morgan fingerprint density at radius 3 is 2.23 bits per heavy atom. The molecule has 12 nitrogen and oxygen atoms in total. The van der Waals surface area contributed by atoms with Crippen molar-refractivity contribution in [2.75, 3.05) is 25.1 Å². The van der Waals surface area contributed by atoms with Gasteiger partial charge in [-0.3, -0.25) is 14.4 Å². The summed E-state index contributed by atoms with van der Waals surface area (Å²) in [4.78, 5) is 44.8. The van der Waals surface area contributed by atoms with Crippen molar-refractivity contribution >= 4 is 63.4 Å². The van der Waals surface area contributed by atoms with Gasteiger partial charge in [0.1, 0.15) is 45.0 Å². The Bertz CT molecular complexity index is 1700. The quantitative estimate of drug-likeness (QED) is 0.110. The SMILES string of the molecule is CNC(=O)/C(C#N)=C(\O)c1ccc(Cl)nc1NC1CCCC1.CNC(=O)c1c(N)n(C2CCCC2)c2nc(Cl)ccc2c1=O. The van der Waals surface area contributed by atoms with E-state index in [0.29, 0.717) is 22.0 Å². The summed E-state index contributed by atoms with van der Waals surface area (Å²) in [5, 5.41) is 28.4. The number of nitrogens with two attached hydrogens (primary N) is 1. The zero-order valence-electron chi connectivity index (χ0n) is 24.4. The molecular weight excluding hydrogens is 607 g/mol. The van der Waals surface area contributed by atoms with E-state index in [1.807, 2.05) is 0 Å². The van der Waals surface area contributed by atoms with Crippen molar-refractivity contribution in [3.63, 3.8) is 0 Å². The molecule has 3 aromatic rings. The van der Waals surface area contributed by atoms with E-state index >= 15 is 0 Å². The van der Waals surface area contributed by atoms with Crippen molar-refractivity contribution in [1.82, 2.24) is 25.2 Å². The minimum absolute atomic E-state index is 0.0222. The van der Waals surface area contributed by atoms with Gasteiger partial charge in [-0.25, -0.2) is 9.97 Å². The molecule has 14 heteroatoms. The van der Waals surface area contributed by atoms with E-state index in [0.717, 1.165) is 51.4 Å². The maximum absolute atomic E-state index is 12.6. The number of halogens is 2. The fraction of sp³-hybridized carbons (Fsp3) is 0.400. The molecule has 0 aliphatic heterocycles. The Morgan fingerprint density at radius 2 is 1.61 bits per heavy atom. The molecule has 5 rings (SSSR count). The van der Waals surface area contributed by atoms with E-state index in [4.69, 9.17) is 34.2 Å². The molecule has 0 spiro atoms. The summed E-state index contributed by atoms with van der Waals surface area (Å²) in [7, 11) is 2.87. The molecule has 0 atom stereocenters. The highest BCUT2D eigenvalue weighted by molar-refractivity contribution is 6.30. The number of carbonyl (C=O) groups is 2. The number of amides is 2. The van der Waals surface area contributed by atoms with Crippen LogP contribution in [0, 0.1) is 11.3 Å². The summed E-state index contributed by atoms with van der Waals surface area (Å²) < 4.78 is 1.81. The molecule has 2 aliphatic carbocycles. The molecule has 0 saturated heterocycles. The van der Waals surface area contributed by atoms with Crippen LogP contribution in [0.2, 0.25) is 10.3 Å². The number of nitrogen functional groups attached to an aromatic ring is 1. The van der Waals surface area contributed by atoms with Crippen molar-refractivity contribution in [1.29, 1.82) is 5.26 Å². The third-order valence-corrected chi connectivity index (χ3v) is 8.24. The Balaban J connectivity index is 0.000000201. The number of nitriles is 1. The van der Waals surface area contributed by atoms with Gasteiger partial charge in [-0.1, -0.05) is 48.9 Å². The van der Waals surface area contributed by atoms with Crippen molar-refractivity contribution < 1.29 is 14.7 Å². The lowest BCUT2D eigenvalue weighted by molar-refractivity contribution is -0.116. The van der Waals surface area contributed by atoms with Crippen LogP contribution in [0.15, 0.2) is 34.6 Å². The van der Waals surface area contributed by atoms with Gasteiger partial charge in [-0.05, 0) is 49.9 Å². The van der Waals surface area contributed by atoms with Gasteiger partial charge in [-0.2, -0.15) is 5.26 Å². The second kappa shape index (κ2) is 14.4. The lowest BCUT2D eigenvalue weighted by Crippen LogP contribution is -2.30. The summed E-state index contributed by atoms with van der Waals surface area (Å²) in [6.07, 6.45) is 8.37. The second-order valence-corrected chi connectivity index (χ2v) is 11.3. The van der Waals surface area contributed by atoms with Gasteiger partial charge in [0.25, 0.3) is 11.8 Å². The zero-order valence-corrected chi connectivity index (χ0v) is 25.9. The number of aromatic nitrogens is 3. The van der Waals surface area contributed by atoms with Gasteiger partial charge in [0.05, 0.1) is 10.9 Å². The number of hydrogen-bond donors (Lipinski definition) is 5. The Kier molecular flexibility index (Phi) is 10.7. The fourth-order valence-electron chi connectivity index (χ4n) is 5.62. The number of nitrogens with one attached hydrogen (secondary N) is 3. The average Bonchev–Trinajstić information content (AvgIpc) is 3.73. The highest BCUT2D eigenvalue weighted by atomic mass is 35.5. The second-order valence-electron chi connectivity index (χ2n) is 10.6. The standard InChI is InChI=1S/2C15H17ClN4O2/c1-18-15(22)11-12(21)9-6-7-10(16)19-14(9)20(13(11)17)8-4-2-3-5-8;1-18-15(22)11(8-17)13(21)10-6-7-12(16)20-14(10)19-9-4-2-3-5-9/h6-8H,2-5,17H2,1H3,(H,18,22);6-7,9,21H,2-5H2,1H3,(H,18,22)(H,19,20)/b;13-11-. The molecule has 0 bridgehead atoms. The third-order valence-electron chi connectivity index (χ3n) is 7.82. The molecule has 232 valence electrons. The first-order valence-corrected chi connectivity index (χ1v) is 15.1. The number of aliphatic hydroxyl groups is 1. The van der Waals surface area contributed by atoms with Crippen molar-refractivity contribution in [3.05, 3.63) is 61.5 Å². The normalized spacial score (nSPS) is 15.6. The van der Waals surface area contributed by atoms with Crippen LogP contribution in [-0.2, 0) is 4.79 Å². The number of pyridine rings is 3. The summed E-state index contributed by atoms with van der Waals surface area (Å²) in [5.41, 5.74) is 6.12. The van der Waals surface area contributed by atoms with E-state index in [1.165, 1.54) is 20.2 Å². The summed E-state index contributed by atoms with van der Waals surface area (Å²) >= 11 is 11.9. The average molecular weight is 642 g/mol. The first kappa shape index (κ1) is 32.6. The van der Waals surface area contributed by atoms with Crippen LogP contribution < -0.4 is 27.1 Å². The van der Waals surface area contributed by atoms with Gasteiger partial charge < -0.3 is 31.4 Å². The number of likely N-dealkylation sites (N-methyl/N-ethyl adjacent to an activating group) is 1. The molecule has 2 fully saturated rings. The lowest BCUT2D eigenvalue weighted by atomic mass is 10.1. The number of hydrogen-bond acceptors (Lipinski definition) is 9. The van der Waals surface area contributed by atoms with Crippen molar-refractivity contribution in [2.45, 2.75) is 63.5 Å². The minimum Gasteiger partial charge on any atom is -0.506 e. The molecular formula is C30H34Cl2N8O4. The van der Waals surface area contributed by atoms with E-state index in [-0.39, 0.29) is 39.8 Å². The number of fused-ring (bicyclic) bond motifs is 1. The largest absolute Gasteiger partial charge is 0.506 e. The summed E-state index contributed by atoms with van der Waals surface area (Å²) in [6.45, 7) is 0. The highest BCUT2D eigenvalue weighted by Crippen LogP contribution is 2.34. The first-order chi connectivity index (χ1) is 21.1. The summed E-state index contributed by atoms with van der Waals surface area (Å²) in [5.74, 6) is -0.994. The van der Waals surface area contributed by atoms with E-state index in [1.54, 1.807) is 28.8 Å². The van der Waals surface area contributed by atoms with Crippen LogP contribution in [0.1, 0.15) is 73.3 Å². The maximum Gasteiger partial charge on any atom is 0.265 e. The Morgan fingerprint density at radius 1 is 1.00 bits per heavy atom. The van der Waals surface area contributed by atoms with E-state index < -0.39 is 23.0 Å². The molecule has 3 heterocycles. The van der Waals surface area contributed by atoms with Crippen LogP contribution in [0.3, 0.4) is 0 Å². The van der Waals surface area contributed by atoms with Gasteiger partial charge in [-0.15, -0.1) is 0 Å². The summed E-state index contributed by atoms with van der Waals surface area (Å²) in [6, 6.07) is 8.31. The molecule has 44 heavy (non-hydrogen) atoms. The van der Waals surface area contributed by atoms with Crippen LogP contribution in [-0.4, -0.2) is 51.6 Å². The van der Waals surface area contributed by atoms with Gasteiger partial charge in [0.15, 0.2) is 5.57 Å². The van der Waals surface area contributed by atoms with Gasteiger partial charge >= 0.3 is 0 Å².